The highest BCUT2D eigenvalue weighted by molar-refractivity contribution is 6.00. The molecular formula is C11H14N4O3. The predicted molar refractivity (Wildman–Crippen MR) is 63.1 cm³/mol. The summed E-state index contributed by atoms with van der Waals surface area (Å²) in [5.74, 6) is -0.277. The van der Waals surface area contributed by atoms with E-state index in [1.54, 1.807) is 23.1 Å². The van der Waals surface area contributed by atoms with Gasteiger partial charge < -0.3 is 15.1 Å². The van der Waals surface area contributed by atoms with Gasteiger partial charge in [-0.05, 0) is 0 Å². The molecule has 0 aliphatic heterocycles. The zero-order chi connectivity index (χ0) is 13.0. The molecule has 2 N–H and O–H groups in total. The Morgan fingerprint density at radius 3 is 2.67 bits per heavy atom. The molecule has 0 aliphatic carbocycles. The van der Waals surface area contributed by atoms with Crippen LogP contribution in [0.2, 0.25) is 0 Å². The summed E-state index contributed by atoms with van der Waals surface area (Å²) in [7, 11) is 0. The van der Waals surface area contributed by atoms with E-state index in [-0.39, 0.29) is 32.2 Å². The van der Waals surface area contributed by atoms with Crippen LogP contribution in [0.3, 0.4) is 0 Å². The van der Waals surface area contributed by atoms with E-state index in [0.29, 0.717) is 11.1 Å². The minimum atomic E-state index is -0.277. The van der Waals surface area contributed by atoms with Gasteiger partial charge in [-0.3, -0.25) is 9.78 Å². The normalized spacial score (nSPS) is 10.8. The molecule has 2 aromatic heterocycles. The van der Waals surface area contributed by atoms with E-state index in [1.807, 2.05) is 0 Å². The minimum absolute atomic E-state index is 0.150. The molecule has 0 unspecified atom stereocenters. The van der Waals surface area contributed by atoms with Crippen molar-refractivity contribution in [2.24, 2.45) is 0 Å². The van der Waals surface area contributed by atoms with Crippen LogP contribution in [-0.2, 0) is 0 Å². The summed E-state index contributed by atoms with van der Waals surface area (Å²) < 4.78 is 1.55. The topological polar surface area (TPSA) is 91.0 Å². The van der Waals surface area contributed by atoms with E-state index in [4.69, 9.17) is 10.2 Å². The molecule has 0 saturated heterocycles. The predicted octanol–water partition coefficient (Wildman–Crippen LogP) is -0.844. The molecule has 0 spiro atoms. The number of carbonyl (C=O) groups excluding carboxylic acids is 1. The van der Waals surface area contributed by atoms with Gasteiger partial charge in [-0.25, -0.2) is 4.52 Å². The molecule has 0 atom stereocenters. The fraction of sp³-hybridized carbons (Fsp3) is 0.364. The number of aliphatic hydroxyl groups is 2. The second kappa shape index (κ2) is 5.56. The Kier molecular flexibility index (Phi) is 3.85. The van der Waals surface area contributed by atoms with E-state index in [0.717, 1.165) is 0 Å². The summed E-state index contributed by atoms with van der Waals surface area (Å²) in [5, 5.41) is 21.9. The number of carbonyl (C=O) groups is 1. The van der Waals surface area contributed by atoms with Crippen molar-refractivity contribution >= 4 is 11.4 Å². The first-order valence-corrected chi connectivity index (χ1v) is 5.56. The summed E-state index contributed by atoms with van der Waals surface area (Å²) in [5.41, 5.74) is 1.01. The number of aromatic nitrogens is 3. The zero-order valence-electron chi connectivity index (χ0n) is 9.73. The van der Waals surface area contributed by atoms with Gasteiger partial charge in [0.05, 0.1) is 36.7 Å². The first kappa shape index (κ1) is 12.5. The number of hydrogen-bond acceptors (Lipinski definition) is 5. The van der Waals surface area contributed by atoms with Crippen LogP contribution >= 0.6 is 0 Å². The van der Waals surface area contributed by atoms with Crippen molar-refractivity contribution in [3.63, 3.8) is 0 Å². The van der Waals surface area contributed by atoms with Crippen LogP contribution in [-0.4, -0.2) is 61.9 Å². The molecule has 0 bridgehead atoms. The third kappa shape index (κ3) is 2.31. The van der Waals surface area contributed by atoms with Gasteiger partial charge in [0.15, 0.2) is 0 Å². The monoisotopic (exact) mass is 250 g/mol. The summed E-state index contributed by atoms with van der Waals surface area (Å²) in [4.78, 5) is 17.6. The van der Waals surface area contributed by atoms with Gasteiger partial charge in [-0.2, -0.15) is 5.10 Å². The molecule has 0 radical (unpaired) electrons. The van der Waals surface area contributed by atoms with E-state index in [1.165, 1.54) is 11.1 Å². The number of fused-ring (bicyclic) bond motifs is 1. The summed E-state index contributed by atoms with van der Waals surface area (Å²) in [6.07, 6.45) is 6.24. The Balaban J connectivity index is 2.31. The number of rotatable bonds is 5. The number of hydrogen-bond donors (Lipinski definition) is 2. The van der Waals surface area contributed by atoms with E-state index < -0.39 is 0 Å². The van der Waals surface area contributed by atoms with Gasteiger partial charge in [0.1, 0.15) is 0 Å². The fourth-order valence-corrected chi connectivity index (χ4v) is 1.73. The van der Waals surface area contributed by atoms with E-state index >= 15 is 0 Å². The first-order valence-electron chi connectivity index (χ1n) is 5.56. The van der Waals surface area contributed by atoms with E-state index in [9.17, 15) is 4.79 Å². The number of amides is 1. The third-order valence-corrected chi connectivity index (χ3v) is 2.58. The minimum Gasteiger partial charge on any atom is -0.395 e. The lowest BCUT2D eigenvalue weighted by molar-refractivity contribution is 0.0686. The van der Waals surface area contributed by atoms with Crippen molar-refractivity contribution < 1.29 is 15.0 Å². The van der Waals surface area contributed by atoms with Crippen LogP contribution in [0, 0.1) is 0 Å². The van der Waals surface area contributed by atoms with Crippen LogP contribution in [0.15, 0.2) is 24.8 Å². The lowest BCUT2D eigenvalue weighted by Gasteiger charge is -2.19. The maximum absolute atomic E-state index is 12.2. The SMILES string of the molecule is O=C(c1cnn2ccncc12)N(CCO)CCO. The Hall–Kier alpha value is -1.99. The van der Waals surface area contributed by atoms with Crippen molar-refractivity contribution in [3.8, 4) is 0 Å². The molecule has 2 rings (SSSR count). The molecule has 0 saturated carbocycles. The molecule has 7 heteroatoms. The second-order valence-electron chi connectivity index (χ2n) is 3.70. The molecule has 0 aliphatic rings. The van der Waals surface area contributed by atoms with Crippen LogP contribution < -0.4 is 0 Å². The van der Waals surface area contributed by atoms with Crippen molar-refractivity contribution in [2.75, 3.05) is 26.3 Å². The molecule has 2 aromatic rings. The van der Waals surface area contributed by atoms with Gasteiger partial charge >= 0.3 is 0 Å². The highest BCUT2D eigenvalue weighted by Gasteiger charge is 2.19. The van der Waals surface area contributed by atoms with Crippen molar-refractivity contribution in [3.05, 3.63) is 30.4 Å². The maximum atomic E-state index is 12.2. The largest absolute Gasteiger partial charge is 0.395 e. The Labute approximate surface area is 103 Å². The molecule has 2 heterocycles. The van der Waals surface area contributed by atoms with E-state index in [2.05, 4.69) is 10.1 Å². The Bertz CT molecular complexity index is 534. The van der Waals surface area contributed by atoms with Crippen LogP contribution in [0.4, 0.5) is 0 Å². The number of aliphatic hydroxyl groups excluding tert-OH is 2. The highest BCUT2D eigenvalue weighted by Crippen LogP contribution is 2.11. The van der Waals surface area contributed by atoms with Crippen molar-refractivity contribution in [1.82, 2.24) is 19.5 Å². The lowest BCUT2D eigenvalue weighted by atomic mass is 10.2. The van der Waals surface area contributed by atoms with Gasteiger partial charge in [-0.1, -0.05) is 0 Å². The molecule has 1 amide bonds. The standard InChI is InChI=1S/C11H14N4O3/c16-5-3-14(4-6-17)11(18)9-7-13-15-2-1-12-8-10(9)15/h1-2,7-8,16-17H,3-6H2. The second-order valence-corrected chi connectivity index (χ2v) is 3.70. The molecular weight excluding hydrogens is 236 g/mol. The quantitative estimate of drug-likeness (QED) is 0.721. The van der Waals surface area contributed by atoms with Crippen LogP contribution in [0.1, 0.15) is 10.4 Å². The first-order chi connectivity index (χ1) is 8.77. The number of nitrogens with zero attached hydrogens (tertiary/aromatic N) is 4. The van der Waals surface area contributed by atoms with Gasteiger partial charge in [-0.15, -0.1) is 0 Å². The smallest absolute Gasteiger partial charge is 0.257 e. The lowest BCUT2D eigenvalue weighted by Crippen LogP contribution is -2.35. The fourth-order valence-electron chi connectivity index (χ4n) is 1.73. The average molecular weight is 250 g/mol. The summed E-state index contributed by atoms with van der Waals surface area (Å²) in [6, 6.07) is 0. The van der Waals surface area contributed by atoms with Gasteiger partial charge in [0, 0.05) is 25.5 Å². The van der Waals surface area contributed by atoms with Crippen molar-refractivity contribution in [1.29, 1.82) is 0 Å². The molecule has 18 heavy (non-hydrogen) atoms. The maximum Gasteiger partial charge on any atom is 0.257 e. The zero-order valence-corrected chi connectivity index (χ0v) is 9.73. The van der Waals surface area contributed by atoms with Crippen LogP contribution in [0.5, 0.6) is 0 Å². The molecule has 7 nitrogen and oxygen atoms in total. The Morgan fingerprint density at radius 2 is 2.00 bits per heavy atom. The van der Waals surface area contributed by atoms with Gasteiger partial charge in [0.2, 0.25) is 0 Å². The molecule has 0 aromatic carbocycles. The highest BCUT2D eigenvalue weighted by atomic mass is 16.3. The molecule has 96 valence electrons. The average Bonchev–Trinajstić information content (AvgIpc) is 2.81. The Morgan fingerprint density at radius 1 is 1.28 bits per heavy atom. The molecule has 0 fully saturated rings. The van der Waals surface area contributed by atoms with Crippen LogP contribution in [0.25, 0.3) is 5.52 Å². The summed E-state index contributed by atoms with van der Waals surface area (Å²) >= 11 is 0. The van der Waals surface area contributed by atoms with Gasteiger partial charge in [0.25, 0.3) is 5.91 Å². The van der Waals surface area contributed by atoms with Crippen molar-refractivity contribution in [2.45, 2.75) is 0 Å². The summed E-state index contributed by atoms with van der Waals surface area (Å²) in [6.45, 7) is 0.0559. The third-order valence-electron chi connectivity index (χ3n) is 2.58.